The fraction of sp³-hybridized carbons (Fsp3) is 0.600. The minimum Gasteiger partial charge on any atom is -0.376 e. The molecule has 1 saturated heterocycles. The Bertz CT molecular complexity index is 932. The Balaban J connectivity index is 1.36. The summed E-state index contributed by atoms with van der Waals surface area (Å²) in [5.74, 6) is 0.658. The summed E-state index contributed by atoms with van der Waals surface area (Å²) in [6, 6.07) is 0. The van der Waals surface area contributed by atoms with E-state index in [0.29, 0.717) is 44.6 Å². The van der Waals surface area contributed by atoms with Crippen molar-refractivity contribution in [1.29, 1.82) is 0 Å². The van der Waals surface area contributed by atoms with Crippen LogP contribution in [0.3, 0.4) is 0 Å². The third-order valence-corrected chi connectivity index (χ3v) is 6.19. The van der Waals surface area contributed by atoms with Gasteiger partial charge in [0.2, 0.25) is 5.95 Å². The van der Waals surface area contributed by atoms with Crippen molar-refractivity contribution in [3.05, 3.63) is 34.4 Å². The molecule has 1 fully saturated rings. The molecule has 29 heavy (non-hydrogen) atoms. The molecular weight excluding hydrogens is 372 g/mol. The van der Waals surface area contributed by atoms with Crippen LogP contribution in [0.2, 0.25) is 0 Å². The molecule has 0 bridgehead atoms. The highest BCUT2D eigenvalue weighted by atomic mass is 16.5. The molecule has 9 nitrogen and oxygen atoms in total. The number of piperidine rings is 1. The lowest BCUT2D eigenvalue weighted by molar-refractivity contribution is -0.0967. The first-order chi connectivity index (χ1) is 14.1. The van der Waals surface area contributed by atoms with Gasteiger partial charge in [0.05, 0.1) is 25.5 Å². The molecule has 1 N–H and O–H groups in total. The van der Waals surface area contributed by atoms with E-state index in [2.05, 4.69) is 15.2 Å². The van der Waals surface area contributed by atoms with Crippen LogP contribution < -0.4 is 4.90 Å². The zero-order chi connectivity index (χ0) is 20.0. The number of aromatic amines is 1. The second kappa shape index (κ2) is 7.07. The van der Waals surface area contributed by atoms with Gasteiger partial charge < -0.3 is 19.3 Å². The van der Waals surface area contributed by atoms with Crippen LogP contribution in [-0.2, 0) is 34.5 Å². The first-order valence-corrected chi connectivity index (χ1v) is 10.2. The van der Waals surface area contributed by atoms with Crippen LogP contribution in [0.4, 0.5) is 5.95 Å². The van der Waals surface area contributed by atoms with Gasteiger partial charge >= 0.3 is 0 Å². The number of H-pyrrole nitrogens is 1. The summed E-state index contributed by atoms with van der Waals surface area (Å²) >= 11 is 0. The standard InChI is InChI=1S/C20H26N6O3/c1-25(2)19-21-11-13-3-10-29-20(17(13)22-19)5-7-26(8-6-20)18(27)16-14-12-28-9-4-15(14)23-24-16/h11H,3-10,12H2,1-2H3,(H,23,24). The van der Waals surface area contributed by atoms with Crippen molar-refractivity contribution in [3.8, 4) is 0 Å². The van der Waals surface area contributed by atoms with Crippen molar-refractivity contribution >= 4 is 11.9 Å². The first-order valence-electron chi connectivity index (χ1n) is 10.2. The monoisotopic (exact) mass is 398 g/mol. The maximum Gasteiger partial charge on any atom is 0.274 e. The predicted molar refractivity (Wildman–Crippen MR) is 105 cm³/mol. The molecule has 1 spiro atoms. The van der Waals surface area contributed by atoms with E-state index in [0.717, 1.165) is 48.2 Å². The summed E-state index contributed by atoms with van der Waals surface area (Å²) < 4.78 is 11.8. The Labute approximate surface area is 169 Å². The Morgan fingerprint density at radius 1 is 1.24 bits per heavy atom. The Kier molecular flexibility index (Phi) is 4.51. The highest BCUT2D eigenvalue weighted by Gasteiger charge is 2.44. The smallest absolute Gasteiger partial charge is 0.274 e. The van der Waals surface area contributed by atoms with Gasteiger partial charge in [0.15, 0.2) is 5.69 Å². The van der Waals surface area contributed by atoms with E-state index in [1.54, 1.807) is 0 Å². The summed E-state index contributed by atoms with van der Waals surface area (Å²) in [7, 11) is 3.88. The number of ether oxygens (including phenoxy) is 2. The zero-order valence-corrected chi connectivity index (χ0v) is 16.9. The van der Waals surface area contributed by atoms with Gasteiger partial charge in [0, 0.05) is 51.1 Å². The summed E-state index contributed by atoms with van der Waals surface area (Å²) in [5.41, 5.74) is 4.12. The van der Waals surface area contributed by atoms with Crippen LogP contribution in [0, 0.1) is 0 Å². The number of nitrogens with one attached hydrogen (secondary N) is 1. The van der Waals surface area contributed by atoms with Crippen molar-refractivity contribution in [3.63, 3.8) is 0 Å². The fourth-order valence-corrected chi connectivity index (χ4v) is 4.51. The number of hydrogen-bond acceptors (Lipinski definition) is 7. The molecule has 154 valence electrons. The topological polar surface area (TPSA) is 96.5 Å². The minimum absolute atomic E-state index is 0.0319. The van der Waals surface area contributed by atoms with E-state index in [4.69, 9.17) is 14.5 Å². The molecule has 9 heteroatoms. The molecule has 0 radical (unpaired) electrons. The second-order valence-corrected chi connectivity index (χ2v) is 8.16. The summed E-state index contributed by atoms with van der Waals surface area (Å²) in [4.78, 5) is 26.2. The number of rotatable bonds is 2. The lowest BCUT2D eigenvalue weighted by atomic mass is 9.83. The van der Waals surface area contributed by atoms with Gasteiger partial charge in [-0.1, -0.05) is 0 Å². The average molecular weight is 398 g/mol. The fourth-order valence-electron chi connectivity index (χ4n) is 4.51. The van der Waals surface area contributed by atoms with Crippen molar-refractivity contribution in [1.82, 2.24) is 25.1 Å². The molecule has 0 aliphatic carbocycles. The van der Waals surface area contributed by atoms with Gasteiger partial charge in [0.1, 0.15) is 5.60 Å². The minimum atomic E-state index is -0.438. The number of anilines is 1. The summed E-state index contributed by atoms with van der Waals surface area (Å²) in [6.07, 6.45) is 4.97. The van der Waals surface area contributed by atoms with Crippen molar-refractivity contribution < 1.29 is 14.3 Å². The molecule has 5 heterocycles. The van der Waals surface area contributed by atoms with Gasteiger partial charge in [-0.15, -0.1) is 0 Å². The summed E-state index contributed by atoms with van der Waals surface area (Å²) in [6.45, 7) is 3.01. The lowest BCUT2D eigenvalue weighted by Crippen LogP contribution is -2.49. The highest BCUT2D eigenvalue weighted by Crippen LogP contribution is 2.41. The summed E-state index contributed by atoms with van der Waals surface area (Å²) in [5, 5.41) is 7.30. The van der Waals surface area contributed by atoms with E-state index in [-0.39, 0.29) is 5.91 Å². The molecule has 5 rings (SSSR count). The van der Waals surface area contributed by atoms with Crippen LogP contribution in [-0.4, -0.2) is 71.4 Å². The van der Waals surface area contributed by atoms with Crippen LogP contribution in [0.15, 0.2) is 6.20 Å². The van der Waals surface area contributed by atoms with Crippen LogP contribution >= 0.6 is 0 Å². The molecule has 0 saturated carbocycles. The first kappa shape index (κ1) is 18.5. The maximum atomic E-state index is 13.1. The number of fused-ring (bicyclic) bond motifs is 3. The number of amides is 1. The van der Waals surface area contributed by atoms with E-state index >= 15 is 0 Å². The molecule has 0 unspecified atom stereocenters. The SMILES string of the molecule is CN(C)c1ncc2c(n1)C1(CCN(C(=O)c3n[nH]c4c3COCC4)CC1)OCC2. The third-order valence-electron chi connectivity index (χ3n) is 6.19. The predicted octanol–water partition coefficient (Wildman–Crippen LogP) is 1.04. The largest absolute Gasteiger partial charge is 0.376 e. The zero-order valence-electron chi connectivity index (χ0n) is 16.9. The van der Waals surface area contributed by atoms with Crippen LogP contribution in [0.5, 0.6) is 0 Å². The second-order valence-electron chi connectivity index (χ2n) is 8.16. The van der Waals surface area contributed by atoms with Crippen molar-refractivity contribution in [2.75, 3.05) is 45.3 Å². The van der Waals surface area contributed by atoms with E-state index in [1.807, 2.05) is 30.1 Å². The van der Waals surface area contributed by atoms with E-state index in [1.165, 1.54) is 0 Å². The Hall–Kier alpha value is -2.52. The number of nitrogens with zero attached hydrogens (tertiary/aromatic N) is 5. The lowest BCUT2D eigenvalue weighted by Gasteiger charge is -2.44. The van der Waals surface area contributed by atoms with E-state index < -0.39 is 5.60 Å². The molecule has 1 amide bonds. The third kappa shape index (κ3) is 3.08. The number of likely N-dealkylation sites (tertiary alicyclic amines) is 1. The number of carbonyl (C=O) groups excluding carboxylic acids is 1. The number of carbonyl (C=O) groups is 1. The van der Waals surface area contributed by atoms with Gasteiger partial charge in [-0.3, -0.25) is 9.89 Å². The molecule has 2 aromatic rings. The molecule has 3 aliphatic rings. The maximum absolute atomic E-state index is 13.1. The van der Waals surface area contributed by atoms with Crippen molar-refractivity contribution in [2.45, 2.75) is 37.9 Å². The van der Waals surface area contributed by atoms with Crippen molar-refractivity contribution in [2.24, 2.45) is 0 Å². The molecular formula is C20H26N6O3. The van der Waals surface area contributed by atoms with Gasteiger partial charge in [-0.25, -0.2) is 9.97 Å². The van der Waals surface area contributed by atoms with Crippen LogP contribution in [0.1, 0.15) is 45.8 Å². The van der Waals surface area contributed by atoms with Gasteiger partial charge in [-0.05, 0) is 24.8 Å². The Morgan fingerprint density at radius 3 is 2.86 bits per heavy atom. The molecule has 2 aromatic heterocycles. The van der Waals surface area contributed by atoms with Gasteiger partial charge in [0.25, 0.3) is 5.91 Å². The normalized spacial score (nSPS) is 20.3. The number of hydrogen-bond donors (Lipinski definition) is 1. The van der Waals surface area contributed by atoms with Crippen LogP contribution in [0.25, 0.3) is 0 Å². The average Bonchev–Trinajstić information content (AvgIpc) is 3.18. The highest BCUT2D eigenvalue weighted by molar-refractivity contribution is 5.94. The Morgan fingerprint density at radius 2 is 2.07 bits per heavy atom. The number of aromatic nitrogens is 4. The quantitative estimate of drug-likeness (QED) is 0.807. The van der Waals surface area contributed by atoms with E-state index in [9.17, 15) is 4.79 Å². The molecule has 0 atom stereocenters. The molecule has 3 aliphatic heterocycles. The molecule has 0 aromatic carbocycles. The van der Waals surface area contributed by atoms with Gasteiger partial charge in [-0.2, -0.15) is 5.10 Å².